The summed E-state index contributed by atoms with van der Waals surface area (Å²) in [7, 11) is 0. The van der Waals surface area contributed by atoms with Gasteiger partial charge in [-0.15, -0.1) is 0 Å². The molecule has 496 valence electrons. The predicted octanol–water partition coefficient (Wildman–Crippen LogP) is 30.2. The van der Waals surface area contributed by atoms with Crippen LogP contribution in [0.5, 0.6) is 0 Å². The lowest BCUT2D eigenvalue weighted by atomic mass is 10.0. The highest BCUT2D eigenvalue weighted by Crippen LogP contribution is 2.44. The Balaban J connectivity index is 0.000000131. The number of halogens is 3. The van der Waals surface area contributed by atoms with E-state index in [9.17, 15) is 1.37 Å². The molecule has 0 saturated heterocycles. The zero-order valence-corrected chi connectivity index (χ0v) is 60.6. The maximum absolute atomic E-state index is 9.22. The molecule has 0 radical (unpaired) electrons. The van der Waals surface area contributed by atoms with Crippen LogP contribution in [0.3, 0.4) is 0 Å². The minimum atomic E-state index is -0.489. The quantitative estimate of drug-likeness (QED) is 0.107. The molecule has 0 fully saturated rings. The van der Waals surface area contributed by atoms with Gasteiger partial charge < -0.3 is 14.7 Å². The summed E-state index contributed by atoms with van der Waals surface area (Å²) in [6.07, 6.45) is 0. The lowest BCUT2D eigenvalue weighted by Gasteiger charge is -2.27. The molecule has 18 rings (SSSR count). The molecule has 3 nitrogen and oxygen atoms in total. The standard InChI is InChI=1S/C34H24BrN.2C32H22BrN/c35-30-19-13-26(14-20-30)28-17-23-32(24-18-28)36(34-12-6-10-29-9-4-5-11-33(29)34)31-21-15-27(16-22-31)25-7-2-1-3-8-25;33-28-17-12-24(13-18-28)25-14-19-29(20-15-25)34(30-21-16-23-6-1-2-8-27(23)22-30)32-11-5-9-26-7-3-4-10-31(26)32;33-27-16-12-23(13-17-27)24-14-18-29(19-15-24)34(28-7-2-1-3-8-28)30-20-21-32-26(22-30)11-10-25-6-4-5-9-31(25)32/h1-24H;2*1-22H/i1D,2D,3D,7D,8D;1D,2D,6D,8D,16D,21D,22D;. The van der Waals surface area contributed by atoms with Gasteiger partial charge in [0.2, 0.25) is 0 Å². The first-order valence-corrected chi connectivity index (χ1v) is 36.2. The molecule has 0 amide bonds. The van der Waals surface area contributed by atoms with E-state index in [4.69, 9.17) is 15.1 Å². The second-order valence-electron chi connectivity index (χ2n) is 24.7. The molecule has 0 aromatic heterocycles. The molecule has 0 atom stereocenters. The van der Waals surface area contributed by atoms with Crippen molar-refractivity contribution in [2.24, 2.45) is 0 Å². The van der Waals surface area contributed by atoms with Crippen LogP contribution in [0.2, 0.25) is 0 Å². The van der Waals surface area contributed by atoms with E-state index in [2.05, 4.69) is 252 Å². The molecule has 18 aromatic carbocycles. The molecule has 104 heavy (non-hydrogen) atoms. The Hall–Kier alpha value is -11.9. The van der Waals surface area contributed by atoms with Crippen LogP contribution < -0.4 is 14.7 Å². The van der Waals surface area contributed by atoms with Gasteiger partial charge in [-0.05, 0) is 221 Å². The van der Waals surface area contributed by atoms with Gasteiger partial charge in [-0.25, -0.2) is 0 Å². The molecule has 0 unspecified atom stereocenters. The van der Waals surface area contributed by atoms with E-state index in [1.54, 1.807) is 4.90 Å². The minimum Gasteiger partial charge on any atom is -0.310 e. The monoisotopic (exact) mass is 1540 g/mol. The van der Waals surface area contributed by atoms with Crippen LogP contribution in [-0.2, 0) is 0 Å². The van der Waals surface area contributed by atoms with Crippen molar-refractivity contribution in [1.82, 2.24) is 0 Å². The highest BCUT2D eigenvalue weighted by Gasteiger charge is 2.20. The zero-order valence-electron chi connectivity index (χ0n) is 67.8. The molecule has 18 aromatic rings. The van der Waals surface area contributed by atoms with Crippen LogP contribution in [0.4, 0.5) is 51.2 Å². The Morgan fingerprint density at radius 3 is 1.01 bits per heavy atom. The van der Waals surface area contributed by atoms with Crippen molar-refractivity contribution in [3.05, 3.63) is 426 Å². The highest BCUT2D eigenvalue weighted by molar-refractivity contribution is 9.11. The first-order chi connectivity index (χ1) is 56.3. The van der Waals surface area contributed by atoms with Gasteiger partial charge in [0.05, 0.1) is 27.8 Å². The van der Waals surface area contributed by atoms with Crippen molar-refractivity contribution < 1.29 is 16.4 Å². The fraction of sp³-hybridized carbons (Fsp3) is 0. The summed E-state index contributed by atoms with van der Waals surface area (Å²) in [5.74, 6) is 0. The van der Waals surface area contributed by atoms with Gasteiger partial charge in [0.15, 0.2) is 0 Å². The normalized spacial score (nSPS) is 12.6. The first-order valence-electron chi connectivity index (χ1n) is 39.9. The summed E-state index contributed by atoms with van der Waals surface area (Å²) in [5, 5.41) is 8.91. The molecule has 0 spiro atoms. The van der Waals surface area contributed by atoms with Crippen molar-refractivity contribution in [2.75, 3.05) is 14.7 Å². The Morgan fingerprint density at radius 1 is 0.192 bits per heavy atom. The van der Waals surface area contributed by atoms with Crippen LogP contribution in [0.1, 0.15) is 16.4 Å². The average Bonchev–Trinajstić information content (AvgIpc) is 0.722. The van der Waals surface area contributed by atoms with E-state index in [1.807, 2.05) is 146 Å². The van der Waals surface area contributed by atoms with Crippen molar-refractivity contribution >= 4 is 153 Å². The highest BCUT2D eigenvalue weighted by atomic mass is 79.9. The molecule has 0 saturated carbocycles. The van der Waals surface area contributed by atoms with E-state index in [0.717, 1.165) is 91.3 Å². The van der Waals surface area contributed by atoms with E-state index in [0.29, 0.717) is 16.9 Å². The minimum absolute atomic E-state index is 0.0697. The van der Waals surface area contributed by atoms with Crippen LogP contribution in [-0.4, -0.2) is 0 Å². The Labute approximate surface area is 649 Å². The molecular formula is C98H68Br3N3. The maximum Gasteiger partial charge on any atom is 0.0651 e. The third kappa shape index (κ3) is 14.6. The van der Waals surface area contributed by atoms with Crippen LogP contribution in [0.25, 0.3) is 98.4 Å². The molecule has 6 heteroatoms. The van der Waals surface area contributed by atoms with Gasteiger partial charge in [-0.1, -0.05) is 327 Å². The van der Waals surface area contributed by atoms with E-state index in [-0.39, 0.29) is 64.3 Å². The number of anilines is 9. The fourth-order valence-corrected chi connectivity index (χ4v) is 14.0. The molecule has 0 N–H and O–H groups in total. The predicted molar refractivity (Wildman–Crippen MR) is 456 cm³/mol. The van der Waals surface area contributed by atoms with E-state index < -0.39 is 30.2 Å². The third-order valence-electron chi connectivity index (χ3n) is 18.3. The third-order valence-corrected chi connectivity index (χ3v) is 19.9. The summed E-state index contributed by atoms with van der Waals surface area (Å²) in [4.78, 5) is 6.25. The zero-order chi connectivity index (χ0) is 80.6. The second kappa shape index (κ2) is 30.7. The van der Waals surface area contributed by atoms with Gasteiger partial charge in [-0.2, -0.15) is 0 Å². The summed E-state index contributed by atoms with van der Waals surface area (Å²) in [6, 6.07) is 111. The van der Waals surface area contributed by atoms with E-state index >= 15 is 0 Å². The SMILES string of the molecule is Brc1ccc(-c2ccc(N(c3ccccc3)c3ccc4c(ccc5ccccc54)c3)cc2)cc1.[2H]c1c([2H])c([2H])c(-c2ccc(N(c3ccc(-c4ccc(Br)cc4)cc3)c3cccc4ccccc34)cc2)c([2H])c1[2H].[2H]c1c([2H])c([2H])c2c([2H])c(N(c3ccc(-c4ccc(Br)cc4)cc3)c3cccc4ccccc34)c([2H])c([2H])c2c1[2H]. The van der Waals surface area contributed by atoms with Crippen LogP contribution >= 0.6 is 47.8 Å². The van der Waals surface area contributed by atoms with Crippen molar-refractivity contribution in [3.8, 4) is 44.5 Å². The van der Waals surface area contributed by atoms with Crippen LogP contribution in [0.15, 0.2) is 426 Å². The van der Waals surface area contributed by atoms with E-state index in [1.165, 1.54) is 32.7 Å². The number of para-hydroxylation sites is 1. The lowest BCUT2D eigenvalue weighted by molar-refractivity contribution is 1.29. The number of rotatable bonds is 13. The van der Waals surface area contributed by atoms with Crippen molar-refractivity contribution in [2.45, 2.75) is 0 Å². The summed E-state index contributed by atoms with van der Waals surface area (Å²) in [6.45, 7) is 0. The maximum atomic E-state index is 9.22. The topological polar surface area (TPSA) is 9.72 Å². The van der Waals surface area contributed by atoms with Gasteiger partial charge in [-0.3, -0.25) is 0 Å². The van der Waals surface area contributed by atoms with Gasteiger partial charge in [0, 0.05) is 64.0 Å². The average molecular weight is 1540 g/mol. The lowest BCUT2D eigenvalue weighted by Crippen LogP contribution is -2.10. The largest absolute Gasteiger partial charge is 0.310 e. The number of hydrogen-bond donors (Lipinski definition) is 0. The first kappa shape index (κ1) is 53.9. The second-order valence-corrected chi connectivity index (χ2v) is 27.5. The Bertz CT molecular complexity index is 6710. The van der Waals surface area contributed by atoms with Gasteiger partial charge in [0.1, 0.15) is 0 Å². The molecule has 0 heterocycles. The van der Waals surface area contributed by atoms with Crippen LogP contribution in [0, 0.1) is 0 Å². The molecule has 0 aliphatic carbocycles. The molecule has 0 aliphatic heterocycles. The Kier molecular flexibility index (Phi) is 15.9. The number of fused-ring (bicyclic) bond motifs is 6. The summed E-state index contributed by atoms with van der Waals surface area (Å²) >= 11 is 10.5. The number of hydrogen-bond acceptors (Lipinski definition) is 3. The number of benzene rings is 18. The number of nitrogens with zero attached hydrogens (tertiary/aromatic N) is 3. The Morgan fingerprint density at radius 2 is 0.529 bits per heavy atom. The van der Waals surface area contributed by atoms with Gasteiger partial charge >= 0.3 is 0 Å². The molecular weight excluding hydrogens is 1460 g/mol. The van der Waals surface area contributed by atoms with Crippen molar-refractivity contribution in [3.63, 3.8) is 0 Å². The molecule has 0 aliphatic rings. The molecule has 0 bridgehead atoms. The summed E-state index contributed by atoms with van der Waals surface area (Å²) < 4.78 is 104. The van der Waals surface area contributed by atoms with Gasteiger partial charge in [0.25, 0.3) is 0 Å². The smallest absolute Gasteiger partial charge is 0.0651 e. The fourth-order valence-electron chi connectivity index (χ4n) is 13.2. The van der Waals surface area contributed by atoms with Crippen molar-refractivity contribution in [1.29, 1.82) is 0 Å². The summed E-state index contributed by atoms with van der Waals surface area (Å²) in [5.41, 5.74) is 15.1.